The van der Waals surface area contributed by atoms with Crippen LogP contribution in [-0.2, 0) is 19.3 Å². The highest BCUT2D eigenvalue weighted by Gasteiger charge is 2.23. The SMILES string of the molecule is CCc1cnc(-n2cc(C(O)C(C)CC)c3cc(-c4c(CC)cccc4CC)ncc32)nc1. The summed E-state index contributed by atoms with van der Waals surface area (Å²) in [5.74, 6) is 0.732. The standard InChI is InChI=1S/C28H34N4O/c1-6-18(5)27(33)23-17-32(28-30-14-19(7-2)15-31-28)25-16-29-24(13-22(23)25)26-20(8-3)11-10-12-21(26)9-4/h10-18,27,33H,6-9H2,1-5H3. The fourth-order valence-electron chi connectivity index (χ4n) is 4.44. The van der Waals surface area contributed by atoms with Crippen LogP contribution in [0.1, 0.15) is 69.4 Å². The number of aliphatic hydroxyl groups is 1. The van der Waals surface area contributed by atoms with Gasteiger partial charge in [-0.15, -0.1) is 0 Å². The molecule has 0 aliphatic rings. The van der Waals surface area contributed by atoms with Gasteiger partial charge in [0, 0.05) is 35.1 Å². The Hall–Kier alpha value is -3.05. The van der Waals surface area contributed by atoms with E-state index in [-0.39, 0.29) is 5.92 Å². The molecule has 0 amide bonds. The summed E-state index contributed by atoms with van der Waals surface area (Å²) in [6.07, 6.45) is 10.7. The number of aliphatic hydroxyl groups excluding tert-OH is 1. The zero-order valence-corrected chi connectivity index (χ0v) is 20.3. The molecule has 0 radical (unpaired) electrons. The molecule has 0 fully saturated rings. The fraction of sp³-hybridized carbons (Fsp3) is 0.393. The Bertz CT molecular complexity index is 1220. The Morgan fingerprint density at radius 1 is 0.909 bits per heavy atom. The second kappa shape index (κ2) is 9.84. The molecule has 5 heteroatoms. The first-order valence-electron chi connectivity index (χ1n) is 12.1. The maximum Gasteiger partial charge on any atom is 0.234 e. The first-order valence-corrected chi connectivity index (χ1v) is 12.1. The number of fused-ring (bicyclic) bond motifs is 1. The van der Waals surface area contributed by atoms with Crippen LogP contribution >= 0.6 is 0 Å². The third-order valence-electron chi connectivity index (χ3n) is 6.79. The van der Waals surface area contributed by atoms with Crippen molar-refractivity contribution in [3.63, 3.8) is 0 Å². The molecular weight excluding hydrogens is 408 g/mol. The Morgan fingerprint density at radius 2 is 1.58 bits per heavy atom. The van der Waals surface area contributed by atoms with Crippen molar-refractivity contribution in [2.75, 3.05) is 0 Å². The minimum atomic E-state index is -0.573. The lowest BCUT2D eigenvalue weighted by Gasteiger charge is -2.17. The molecule has 4 aromatic rings. The molecule has 1 aromatic carbocycles. The number of benzene rings is 1. The van der Waals surface area contributed by atoms with Crippen LogP contribution in [0.3, 0.4) is 0 Å². The van der Waals surface area contributed by atoms with Crippen molar-refractivity contribution in [2.45, 2.75) is 66.4 Å². The van der Waals surface area contributed by atoms with E-state index in [0.29, 0.717) is 5.95 Å². The number of hydrogen-bond acceptors (Lipinski definition) is 4. The molecule has 0 aliphatic carbocycles. The average Bonchev–Trinajstić information content (AvgIpc) is 3.25. The molecule has 3 aromatic heterocycles. The van der Waals surface area contributed by atoms with Crippen LogP contribution in [0, 0.1) is 5.92 Å². The lowest BCUT2D eigenvalue weighted by Crippen LogP contribution is -2.07. The molecule has 0 spiro atoms. The van der Waals surface area contributed by atoms with Crippen LogP contribution in [0.4, 0.5) is 0 Å². The van der Waals surface area contributed by atoms with E-state index in [1.54, 1.807) is 0 Å². The molecular formula is C28H34N4O. The van der Waals surface area contributed by atoms with Gasteiger partial charge in [-0.2, -0.15) is 0 Å². The Balaban J connectivity index is 1.95. The summed E-state index contributed by atoms with van der Waals surface area (Å²) in [4.78, 5) is 14.1. The van der Waals surface area contributed by atoms with Gasteiger partial charge in [0.1, 0.15) is 0 Å². The van der Waals surface area contributed by atoms with Gasteiger partial charge in [0.05, 0.1) is 23.5 Å². The van der Waals surface area contributed by atoms with E-state index in [4.69, 9.17) is 4.98 Å². The molecule has 2 atom stereocenters. The van der Waals surface area contributed by atoms with E-state index in [1.165, 1.54) is 16.7 Å². The van der Waals surface area contributed by atoms with Gasteiger partial charge in [0.15, 0.2) is 0 Å². The number of aryl methyl sites for hydroxylation is 3. The molecule has 3 heterocycles. The van der Waals surface area contributed by atoms with Crippen LogP contribution in [0.2, 0.25) is 0 Å². The third kappa shape index (κ3) is 4.30. The number of pyridine rings is 1. The largest absolute Gasteiger partial charge is 0.388 e. The molecule has 0 saturated heterocycles. The highest BCUT2D eigenvalue weighted by atomic mass is 16.3. The predicted molar refractivity (Wildman–Crippen MR) is 135 cm³/mol. The van der Waals surface area contributed by atoms with Crippen molar-refractivity contribution in [1.29, 1.82) is 0 Å². The van der Waals surface area contributed by atoms with Gasteiger partial charge in [-0.25, -0.2) is 9.97 Å². The van der Waals surface area contributed by atoms with Crippen molar-refractivity contribution in [3.05, 3.63) is 71.3 Å². The summed E-state index contributed by atoms with van der Waals surface area (Å²) in [5, 5.41) is 12.2. The van der Waals surface area contributed by atoms with Gasteiger partial charge in [0.2, 0.25) is 5.95 Å². The van der Waals surface area contributed by atoms with Crippen LogP contribution in [0.15, 0.2) is 49.1 Å². The van der Waals surface area contributed by atoms with Gasteiger partial charge in [-0.1, -0.05) is 59.2 Å². The molecule has 172 valence electrons. The summed E-state index contributed by atoms with van der Waals surface area (Å²) in [6, 6.07) is 8.64. The molecule has 0 aliphatic heterocycles. The van der Waals surface area contributed by atoms with Crippen LogP contribution in [-0.4, -0.2) is 24.6 Å². The normalized spacial score (nSPS) is 13.4. The van der Waals surface area contributed by atoms with E-state index in [2.05, 4.69) is 68.9 Å². The summed E-state index contributed by atoms with van der Waals surface area (Å²) in [5.41, 5.74) is 7.66. The van der Waals surface area contributed by atoms with Gasteiger partial charge < -0.3 is 5.11 Å². The van der Waals surface area contributed by atoms with E-state index < -0.39 is 6.10 Å². The monoisotopic (exact) mass is 442 g/mol. The number of aromatic nitrogens is 4. The van der Waals surface area contributed by atoms with E-state index in [0.717, 1.165) is 53.4 Å². The highest BCUT2D eigenvalue weighted by Crippen LogP contribution is 2.36. The van der Waals surface area contributed by atoms with Crippen LogP contribution in [0.5, 0.6) is 0 Å². The zero-order valence-electron chi connectivity index (χ0n) is 20.3. The van der Waals surface area contributed by atoms with Crippen molar-refractivity contribution in [2.24, 2.45) is 5.92 Å². The van der Waals surface area contributed by atoms with E-state index in [9.17, 15) is 5.11 Å². The predicted octanol–water partition coefficient (Wildman–Crippen LogP) is 6.25. The minimum absolute atomic E-state index is 0.137. The number of nitrogens with zero attached hydrogens (tertiary/aromatic N) is 4. The van der Waals surface area contributed by atoms with Crippen molar-refractivity contribution < 1.29 is 5.11 Å². The van der Waals surface area contributed by atoms with Crippen molar-refractivity contribution in [3.8, 4) is 17.2 Å². The molecule has 5 nitrogen and oxygen atoms in total. The van der Waals surface area contributed by atoms with Gasteiger partial charge in [-0.05, 0) is 47.9 Å². The molecule has 0 saturated carbocycles. The minimum Gasteiger partial charge on any atom is -0.388 e. The molecule has 2 unspecified atom stereocenters. The number of hydrogen-bond donors (Lipinski definition) is 1. The van der Waals surface area contributed by atoms with Crippen LogP contribution in [0.25, 0.3) is 28.1 Å². The third-order valence-corrected chi connectivity index (χ3v) is 6.79. The Kier molecular flexibility index (Phi) is 6.89. The van der Waals surface area contributed by atoms with Crippen LogP contribution < -0.4 is 0 Å². The van der Waals surface area contributed by atoms with E-state index >= 15 is 0 Å². The quantitative estimate of drug-likeness (QED) is 0.350. The topological polar surface area (TPSA) is 63.8 Å². The van der Waals surface area contributed by atoms with Gasteiger partial charge in [0.25, 0.3) is 0 Å². The Morgan fingerprint density at radius 3 is 2.15 bits per heavy atom. The average molecular weight is 443 g/mol. The van der Waals surface area contributed by atoms with E-state index in [1.807, 2.05) is 29.4 Å². The first-order chi connectivity index (χ1) is 16.0. The highest BCUT2D eigenvalue weighted by molar-refractivity contribution is 5.89. The maximum absolute atomic E-state index is 11.2. The fourth-order valence-corrected chi connectivity index (χ4v) is 4.44. The van der Waals surface area contributed by atoms with Crippen molar-refractivity contribution >= 4 is 10.9 Å². The number of rotatable bonds is 8. The molecule has 4 rings (SSSR count). The zero-order chi connectivity index (χ0) is 23.5. The molecule has 33 heavy (non-hydrogen) atoms. The summed E-state index contributed by atoms with van der Waals surface area (Å²) < 4.78 is 1.96. The summed E-state index contributed by atoms with van der Waals surface area (Å²) in [7, 11) is 0. The summed E-state index contributed by atoms with van der Waals surface area (Å²) >= 11 is 0. The molecule has 0 bridgehead atoms. The first kappa shape index (κ1) is 23.1. The molecule has 1 N–H and O–H groups in total. The maximum atomic E-state index is 11.2. The second-order valence-corrected chi connectivity index (χ2v) is 8.77. The van der Waals surface area contributed by atoms with Crippen molar-refractivity contribution in [1.82, 2.24) is 19.5 Å². The second-order valence-electron chi connectivity index (χ2n) is 8.77. The Labute approximate surface area is 196 Å². The summed E-state index contributed by atoms with van der Waals surface area (Å²) in [6.45, 7) is 10.7. The smallest absolute Gasteiger partial charge is 0.234 e. The van der Waals surface area contributed by atoms with Gasteiger partial charge in [-0.3, -0.25) is 9.55 Å². The lowest BCUT2D eigenvalue weighted by molar-refractivity contribution is 0.117. The lowest BCUT2D eigenvalue weighted by atomic mass is 9.92. The van der Waals surface area contributed by atoms with Gasteiger partial charge >= 0.3 is 0 Å².